The van der Waals surface area contributed by atoms with Gasteiger partial charge in [0.2, 0.25) is 12.0 Å². The van der Waals surface area contributed by atoms with Crippen LogP contribution in [0, 0.1) is 11.3 Å². The monoisotopic (exact) mass is 644 g/mol. The maximum Gasteiger partial charge on any atom is 0.407 e. The molecule has 1 saturated carbocycles. The number of aliphatic carboxylic acids is 1. The summed E-state index contributed by atoms with van der Waals surface area (Å²) in [6, 6.07) is 16.9. The Morgan fingerprint density at radius 1 is 1.17 bits per heavy atom. The quantitative estimate of drug-likeness (QED) is 0.186. The molecule has 1 aliphatic carbocycles. The molecule has 47 heavy (non-hydrogen) atoms. The Hall–Kier alpha value is -5.22. The molecule has 4 atom stereocenters. The number of alkyl carbamates (subject to hydrolysis) is 1. The van der Waals surface area contributed by atoms with Gasteiger partial charge in [0, 0.05) is 36.0 Å². The molecule has 1 aliphatic heterocycles. The largest absolute Gasteiger partial charge is 0.497 e. The van der Waals surface area contributed by atoms with Crippen molar-refractivity contribution >= 4 is 35.0 Å². The van der Waals surface area contributed by atoms with Crippen molar-refractivity contribution in [1.82, 2.24) is 15.2 Å². The highest BCUT2D eigenvalue weighted by atomic mass is 16.5. The third-order valence-corrected chi connectivity index (χ3v) is 8.24. The number of isocyanates is 1. The van der Waals surface area contributed by atoms with Crippen molar-refractivity contribution in [3.63, 3.8) is 0 Å². The van der Waals surface area contributed by atoms with Crippen LogP contribution in [0.25, 0.3) is 22.2 Å². The average Bonchev–Trinajstić information content (AvgIpc) is 3.61. The summed E-state index contributed by atoms with van der Waals surface area (Å²) in [4.78, 5) is 55.4. The van der Waals surface area contributed by atoms with E-state index in [0.717, 1.165) is 27.9 Å². The number of nitrogens with one attached hydrogen (secondary N) is 1. The fraction of sp³-hybridized carbons (Fsp3) is 0.400. The molecule has 12 heteroatoms. The van der Waals surface area contributed by atoms with Crippen LogP contribution in [0.2, 0.25) is 0 Å². The molecule has 1 aromatic heterocycles. The third-order valence-electron chi connectivity index (χ3n) is 8.24. The minimum atomic E-state index is -0.941. The van der Waals surface area contributed by atoms with Crippen molar-refractivity contribution < 1.29 is 38.5 Å². The molecule has 2 aliphatic rings. The fourth-order valence-electron chi connectivity index (χ4n) is 5.42. The van der Waals surface area contributed by atoms with Crippen molar-refractivity contribution in [2.24, 2.45) is 16.3 Å². The number of carboxylic acid groups (broad SMARTS) is 1. The smallest absolute Gasteiger partial charge is 0.407 e. The Bertz CT molecular complexity index is 1680. The zero-order valence-corrected chi connectivity index (χ0v) is 27.2. The Morgan fingerprint density at radius 2 is 1.89 bits per heavy atom. The fourth-order valence-corrected chi connectivity index (χ4v) is 5.42. The molecule has 248 valence electrons. The van der Waals surface area contributed by atoms with E-state index in [1.807, 2.05) is 75.4 Å². The number of hydrogen-bond acceptors (Lipinski definition) is 9. The standard InChI is InChI=1S/C28H33N3O5.C7H7NO3/c1-28(2,3)25(30-27(33)35-5)26(32)31-14-13-20(17-31)36-24-16-22(18-9-7-6-8-10-18)29-23-15-19(34-4)11-12-21(23)24;1-2-7(8-4-9)3-5(7)6(10)11/h6-12,15-16,20,25H,13-14,17H2,1-5H3,(H,30,33);2,5H,1,3H2,(H,10,11). The first kappa shape index (κ1) is 34.6. The van der Waals surface area contributed by atoms with Gasteiger partial charge in [0.15, 0.2) is 0 Å². The summed E-state index contributed by atoms with van der Waals surface area (Å²) in [6.45, 7) is 10.1. The number of amides is 2. The van der Waals surface area contributed by atoms with E-state index in [1.165, 1.54) is 19.3 Å². The molecule has 3 aromatic rings. The second-order valence-corrected chi connectivity index (χ2v) is 12.5. The number of carbonyl (C=O) groups is 3. The third kappa shape index (κ3) is 8.14. The van der Waals surface area contributed by atoms with Crippen LogP contribution in [0.1, 0.15) is 33.6 Å². The van der Waals surface area contributed by atoms with Crippen molar-refractivity contribution in [3.05, 3.63) is 67.3 Å². The molecule has 2 aromatic carbocycles. The average molecular weight is 645 g/mol. The first-order valence-corrected chi connectivity index (χ1v) is 15.1. The van der Waals surface area contributed by atoms with Crippen LogP contribution >= 0.6 is 0 Å². The summed E-state index contributed by atoms with van der Waals surface area (Å²) in [7, 11) is 2.92. The highest BCUT2D eigenvalue weighted by Crippen LogP contribution is 2.47. The van der Waals surface area contributed by atoms with Crippen molar-refractivity contribution in [2.45, 2.75) is 51.3 Å². The van der Waals surface area contributed by atoms with E-state index in [1.54, 1.807) is 12.0 Å². The number of hydrogen-bond donors (Lipinski definition) is 2. The van der Waals surface area contributed by atoms with Gasteiger partial charge in [0.05, 0.1) is 37.9 Å². The van der Waals surface area contributed by atoms with Crippen LogP contribution < -0.4 is 14.8 Å². The molecule has 0 radical (unpaired) electrons. The lowest BCUT2D eigenvalue weighted by molar-refractivity contribution is -0.139. The van der Waals surface area contributed by atoms with E-state index < -0.39 is 35.0 Å². The molecule has 0 spiro atoms. The summed E-state index contributed by atoms with van der Waals surface area (Å²) < 4.78 is 16.6. The van der Waals surface area contributed by atoms with E-state index in [2.05, 4.69) is 16.9 Å². The molecule has 2 amide bonds. The normalized spacial score (nSPS) is 20.5. The number of benzene rings is 2. The first-order chi connectivity index (χ1) is 22.3. The van der Waals surface area contributed by atoms with Crippen molar-refractivity contribution in [2.75, 3.05) is 27.3 Å². The van der Waals surface area contributed by atoms with Gasteiger partial charge in [0.25, 0.3) is 0 Å². The zero-order chi connectivity index (χ0) is 34.4. The number of pyridine rings is 1. The van der Waals surface area contributed by atoms with Crippen LogP contribution in [-0.4, -0.2) is 84.0 Å². The number of fused-ring (bicyclic) bond motifs is 1. The van der Waals surface area contributed by atoms with Gasteiger partial charge in [-0.1, -0.05) is 57.2 Å². The van der Waals surface area contributed by atoms with Crippen LogP contribution in [0.15, 0.2) is 72.2 Å². The molecule has 5 rings (SSSR count). The molecule has 2 N–H and O–H groups in total. The van der Waals surface area contributed by atoms with Crippen LogP contribution in [0.4, 0.5) is 4.79 Å². The summed E-state index contributed by atoms with van der Waals surface area (Å²) in [6.07, 6.45) is 2.96. The van der Waals surface area contributed by atoms with Crippen LogP contribution in [-0.2, 0) is 19.1 Å². The Kier molecular flexibility index (Phi) is 10.7. The molecule has 4 unspecified atom stereocenters. The number of carboxylic acids is 1. The van der Waals surface area contributed by atoms with Crippen LogP contribution in [0.5, 0.6) is 11.5 Å². The van der Waals surface area contributed by atoms with Crippen molar-refractivity contribution in [3.8, 4) is 22.8 Å². The number of rotatable bonds is 9. The van der Waals surface area contributed by atoms with Gasteiger partial charge < -0.3 is 29.5 Å². The lowest BCUT2D eigenvalue weighted by Crippen LogP contribution is -2.54. The summed E-state index contributed by atoms with van der Waals surface area (Å²) in [5, 5.41) is 12.1. The number of carbonyl (C=O) groups excluding carboxylic acids is 3. The number of nitrogens with zero attached hydrogens (tertiary/aromatic N) is 3. The maximum atomic E-state index is 13.3. The van der Waals surface area contributed by atoms with Gasteiger partial charge in [-0.3, -0.25) is 9.59 Å². The van der Waals surface area contributed by atoms with Gasteiger partial charge in [-0.25, -0.2) is 14.6 Å². The van der Waals surface area contributed by atoms with E-state index in [-0.39, 0.29) is 12.0 Å². The highest BCUT2D eigenvalue weighted by molar-refractivity contribution is 5.89. The van der Waals surface area contributed by atoms with E-state index in [9.17, 15) is 19.2 Å². The van der Waals surface area contributed by atoms with Gasteiger partial charge in [-0.05, 0) is 24.0 Å². The van der Waals surface area contributed by atoms with Gasteiger partial charge in [0.1, 0.15) is 29.2 Å². The molecular formula is C35H40N4O8. The summed E-state index contributed by atoms with van der Waals surface area (Å²) >= 11 is 0. The maximum absolute atomic E-state index is 13.3. The summed E-state index contributed by atoms with van der Waals surface area (Å²) in [5.41, 5.74) is 1.22. The second kappa shape index (κ2) is 14.5. The van der Waals surface area contributed by atoms with Crippen LogP contribution in [0.3, 0.4) is 0 Å². The molecule has 12 nitrogen and oxygen atoms in total. The number of likely N-dealkylation sites (tertiary alicyclic amines) is 1. The predicted octanol–water partition coefficient (Wildman–Crippen LogP) is 5.01. The predicted molar refractivity (Wildman–Crippen MR) is 175 cm³/mol. The zero-order valence-electron chi connectivity index (χ0n) is 27.2. The lowest BCUT2D eigenvalue weighted by Gasteiger charge is -2.33. The second-order valence-electron chi connectivity index (χ2n) is 12.5. The lowest BCUT2D eigenvalue weighted by atomic mass is 9.86. The van der Waals surface area contributed by atoms with E-state index in [4.69, 9.17) is 24.3 Å². The van der Waals surface area contributed by atoms with E-state index >= 15 is 0 Å². The number of aliphatic imine (C=N–C) groups is 1. The first-order valence-electron chi connectivity index (χ1n) is 15.1. The Balaban J connectivity index is 0.000000385. The Labute approximate surface area is 273 Å². The topological polar surface area (TPSA) is 157 Å². The molecule has 0 bridgehead atoms. The minimum Gasteiger partial charge on any atom is -0.497 e. The van der Waals surface area contributed by atoms with E-state index in [0.29, 0.717) is 31.7 Å². The highest BCUT2D eigenvalue weighted by Gasteiger charge is 2.57. The number of aromatic nitrogens is 1. The number of methoxy groups -OCH3 is 2. The minimum absolute atomic E-state index is 0.145. The number of ether oxygens (including phenoxy) is 3. The SMILES string of the molecule is C=CC1(N=C=O)CC1C(=O)O.COC(=O)NC(C(=O)N1CCC(Oc2cc(-c3ccccc3)nc3cc(OC)ccc23)C1)C(C)(C)C. The molecular weight excluding hydrogens is 604 g/mol. The summed E-state index contributed by atoms with van der Waals surface area (Å²) in [5.74, 6) is -0.241. The molecule has 2 fully saturated rings. The van der Waals surface area contributed by atoms with Gasteiger partial charge >= 0.3 is 12.1 Å². The van der Waals surface area contributed by atoms with Crippen molar-refractivity contribution in [1.29, 1.82) is 0 Å². The molecule has 2 heterocycles. The van der Waals surface area contributed by atoms with Gasteiger partial charge in [-0.2, -0.15) is 4.99 Å². The Morgan fingerprint density at radius 3 is 2.47 bits per heavy atom. The molecule has 1 saturated heterocycles. The van der Waals surface area contributed by atoms with Gasteiger partial charge in [-0.15, -0.1) is 6.58 Å².